The number of ether oxygens (including phenoxy) is 3. The van der Waals surface area contributed by atoms with E-state index >= 15 is 4.39 Å². The number of amidine groups is 1. The molecule has 2 N–H and O–H groups in total. The van der Waals surface area contributed by atoms with Gasteiger partial charge >= 0.3 is 12.1 Å². The maximum atomic E-state index is 15.4. The maximum Gasteiger partial charge on any atom is 0.415 e. The van der Waals surface area contributed by atoms with Gasteiger partial charge in [0.2, 0.25) is 0 Å². The Labute approximate surface area is 238 Å². The van der Waals surface area contributed by atoms with E-state index < -0.39 is 29.3 Å². The van der Waals surface area contributed by atoms with Gasteiger partial charge in [-0.1, -0.05) is 20.8 Å². The lowest BCUT2D eigenvalue weighted by atomic mass is 9.85. The number of carbonyl (C=O) groups excluding carboxylic acids is 2. The number of nitrogens with zero attached hydrogens (tertiary/aromatic N) is 2. The molecule has 4 rings (SSSR count). The summed E-state index contributed by atoms with van der Waals surface area (Å²) in [6.45, 7) is 10.1. The van der Waals surface area contributed by atoms with Gasteiger partial charge in [0.15, 0.2) is 23.1 Å². The monoisotopic (exact) mass is 569 g/mol. The zero-order chi connectivity index (χ0) is 30.1. The summed E-state index contributed by atoms with van der Waals surface area (Å²) in [6, 6.07) is 5.44. The van der Waals surface area contributed by atoms with Crippen LogP contribution in [0.15, 0.2) is 24.3 Å². The molecule has 0 aromatic heterocycles. The van der Waals surface area contributed by atoms with Crippen LogP contribution < -0.4 is 14.2 Å². The van der Waals surface area contributed by atoms with Crippen LogP contribution in [-0.4, -0.2) is 70.9 Å². The summed E-state index contributed by atoms with van der Waals surface area (Å²) in [4.78, 5) is 40.5. The van der Waals surface area contributed by atoms with Crippen molar-refractivity contribution in [1.82, 2.24) is 9.80 Å². The maximum absolute atomic E-state index is 15.4. The summed E-state index contributed by atoms with van der Waals surface area (Å²) in [5.41, 5.74) is 1.04. The third kappa shape index (κ3) is 5.98. The second-order valence-corrected chi connectivity index (χ2v) is 11.1. The van der Waals surface area contributed by atoms with Crippen molar-refractivity contribution in [3.63, 3.8) is 0 Å². The number of ketones is 1. The first-order chi connectivity index (χ1) is 19.4. The molecule has 0 aliphatic carbocycles. The number of nitrogens with one attached hydrogen (secondary N) is 1. The predicted molar refractivity (Wildman–Crippen MR) is 149 cm³/mol. The number of amides is 1. The van der Waals surface area contributed by atoms with Gasteiger partial charge in [0.25, 0.3) is 0 Å². The smallest absolute Gasteiger partial charge is 0.415 e. The summed E-state index contributed by atoms with van der Waals surface area (Å²) < 4.78 is 32.1. The molecule has 2 aromatic rings. The second kappa shape index (κ2) is 11.8. The van der Waals surface area contributed by atoms with E-state index in [2.05, 4.69) is 0 Å². The van der Waals surface area contributed by atoms with E-state index in [-0.39, 0.29) is 54.1 Å². The molecule has 0 bridgehead atoms. The highest BCUT2D eigenvalue weighted by atomic mass is 19.1. The third-order valence-corrected chi connectivity index (χ3v) is 7.19. The van der Waals surface area contributed by atoms with Gasteiger partial charge in [0.1, 0.15) is 17.6 Å². The number of rotatable bonds is 9. The molecular weight excluding hydrogens is 533 g/mol. The van der Waals surface area contributed by atoms with E-state index in [1.807, 2.05) is 20.8 Å². The number of aliphatic carboxylic acids is 1. The predicted octanol–water partition coefficient (Wildman–Crippen LogP) is 4.99. The molecule has 0 saturated carbocycles. The van der Waals surface area contributed by atoms with Crippen molar-refractivity contribution in [2.75, 3.05) is 26.3 Å². The van der Waals surface area contributed by atoms with Crippen LogP contribution in [0.1, 0.15) is 74.5 Å². The van der Waals surface area contributed by atoms with Crippen molar-refractivity contribution in [2.24, 2.45) is 0 Å². The van der Waals surface area contributed by atoms with E-state index in [1.165, 1.54) is 21.9 Å². The fourth-order valence-electron chi connectivity index (χ4n) is 5.20. The third-order valence-electron chi connectivity index (χ3n) is 7.19. The van der Waals surface area contributed by atoms with Crippen molar-refractivity contribution in [3.8, 4) is 17.2 Å². The molecule has 10 nitrogen and oxygen atoms in total. The van der Waals surface area contributed by atoms with Crippen LogP contribution in [0, 0.1) is 11.2 Å². The van der Waals surface area contributed by atoms with Crippen LogP contribution in [0.5, 0.6) is 17.2 Å². The minimum absolute atomic E-state index is 0.0467. The topological polar surface area (TPSA) is 129 Å². The Kier molecular flexibility index (Phi) is 8.55. The highest BCUT2D eigenvalue weighted by molar-refractivity contribution is 6.06. The van der Waals surface area contributed by atoms with Gasteiger partial charge in [0, 0.05) is 24.2 Å². The van der Waals surface area contributed by atoms with Gasteiger partial charge in [-0.05, 0) is 61.9 Å². The minimum atomic E-state index is -1.07. The Morgan fingerprint density at radius 1 is 1.10 bits per heavy atom. The molecule has 220 valence electrons. The fraction of sp³-hybridized carbons (Fsp3) is 0.467. The molecule has 2 heterocycles. The largest absolute Gasteiger partial charge is 0.490 e. The summed E-state index contributed by atoms with van der Waals surface area (Å²) in [6.07, 6.45) is 0.191. The summed E-state index contributed by atoms with van der Waals surface area (Å²) in [5.74, 6) is -1.72. The fourth-order valence-corrected chi connectivity index (χ4v) is 5.20. The average molecular weight is 570 g/mol. The SMILES string of the molecule is CCOc1cc2c(c(F)c1OCC)C(=N)N(CC(=O)c1ccc(OC(=O)N3CCCC3C(=O)O)c(C(C)(C)C)c1)C2. The first kappa shape index (κ1) is 29.8. The van der Waals surface area contributed by atoms with E-state index in [4.69, 9.17) is 19.6 Å². The Morgan fingerprint density at radius 3 is 2.44 bits per heavy atom. The number of hydrogen-bond donors (Lipinski definition) is 2. The minimum Gasteiger partial charge on any atom is -0.490 e. The Bertz CT molecular complexity index is 1390. The molecule has 1 fully saturated rings. The number of halogens is 1. The number of fused-ring (bicyclic) bond motifs is 1. The van der Waals surface area contributed by atoms with Gasteiger partial charge in [-0.3, -0.25) is 15.1 Å². The van der Waals surface area contributed by atoms with Crippen LogP contribution in [0.4, 0.5) is 9.18 Å². The van der Waals surface area contributed by atoms with Crippen LogP contribution in [0.25, 0.3) is 0 Å². The van der Waals surface area contributed by atoms with E-state index in [0.717, 1.165) is 0 Å². The molecule has 41 heavy (non-hydrogen) atoms. The average Bonchev–Trinajstić information content (AvgIpc) is 3.51. The van der Waals surface area contributed by atoms with Crippen LogP contribution in [-0.2, 0) is 16.8 Å². The molecule has 11 heteroatoms. The number of carboxylic acids is 1. The molecule has 1 saturated heterocycles. The Hall–Kier alpha value is -4.15. The highest BCUT2D eigenvalue weighted by Crippen LogP contribution is 2.39. The number of hydrogen-bond acceptors (Lipinski definition) is 7. The lowest BCUT2D eigenvalue weighted by Gasteiger charge is -2.26. The standard InChI is InChI=1S/C30H36FN3O7/c1-6-39-23-14-18-15-33(27(32)24(18)25(31)26(23)40-7-2)16-21(35)17-10-11-22(19(13-17)30(3,4)5)41-29(38)34-12-8-9-20(34)28(36)37/h10-11,13-14,20,32H,6-9,12,15-16H2,1-5H3,(H,36,37). The van der Waals surface area contributed by atoms with Gasteiger partial charge in [-0.15, -0.1) is 0 Å². The molecule has 1 unspecified atom stereocenters. The Balaban J connectivity index is 1.55. The highest BCUT2D eigenvalue weighted by Gasteiger charge is 2.36. The van der Waals surface area contributed by atoms with Crippen molar-refractivity contribution in [1.29, 1.82) is 5.41 Å². The van der Waals surface area contributed by atoms with Crippen LogP contribution in [0.2, 0.25) is 0 Å². The molecular formula is C30H36FN3O7. The number of carbonyl (C=O) groups is 3. The zero-order valence-corrected chi connectivity index (χ0v) is 24.0. The van der Waals surface area contributed by atoms with Crippen LogP contribution >= 0.6 is 0 Å². The van der Waals surface area contributed by atoms with E-state index in [1.54, 1.807) is 26.0 Å². The first-order valence-corrected chi connectivity index (χ1v) is 13.7. The van der Waals surface area contributed by atoms with Crippen LogP contribution in [0.3, 0.4) is 0 Å². The van der Waals surface area contributed by atoms with Crippen molar-refractivity contribution < 1.29 is 38.1 Å². The molecule has 2 aromatic carbocycles. The Morgan fingerprint density at radius 2 is 1.80 bits per heavy atom. The number of benzene rings is 2. The molecule has 2 aliphatic rings. The van der Waals surface area contributed by atoms with Crippen molar-refractivity contribution in [3.05, 3.63) is 52.3 Å². The molecule has 1 atom stereocenters. The molecule has 2 aliphatic heterocycles. The van der Waals surface area contributed by atoms with Crippen molar-refractivity contribution >= 4 is 23.7 Å². The van der Waals surface area contributed by atoms with Gasteiger partial charge < -0.3 is 24.2 Å². The second-order valence-electron chi connectivity index (χ2n) is 11.1. The van der Waals surface area contributed by atoms with E-state index in [0.29, 0.717) is 42.7 Å². The number of likely N-dealkylation sites (tertiary alicyclic amines) is 1. The first-order valence-electron chi connectivity index (χ1n) is 13.7. The summed E-state index contributed by atoms with van der Waals surface area (Å²) in [5, 5.41) is 18.0. The van der Waals surface area contributed by atoms with Gasteiger partial charge in [-0.2, -0.15) is 0 Å². The summed E-state index contributed by atoms with van der Waals surface area (Å²) in [7, 11) is 0. The molecule has 0 radical (unpaired) electrons. The normalized spacial score (nSPS) is 16.5. The number of Topliss-reactive ketones (excluding diaryl/α,β-unsaturated/α-hetero) is 1. The quantitative estimate of drug-likeness (QED) is 0.404. The lowest BCUT2D eigenvalue weighted by molar-refractivity contribution is -0.141. The zero-order valence-electron chi connectivity index (χ0n) is 24.0. The molecule has 1 amide bonds. The number of carboxylic acid groups (broad SMARTS) is 1. The van der Waals surface area contributed by atoms with Gasteiger partial charge in [0.05, 0.1) is 25.3 Å². The molecule has 0 spiro atoms. The van der Waals surface area contributed by atoms with Crippen molar-refractivity contribution in [2.45, 2.75) is 65.5 Å². The van der Waals surface area contributed by atoms with E-state index in [9.17, 15) is 19.5 Å². The van der Waals surface area contributed by atoms with Gasteiger partial charge in [-0.25, -0.2) is 14.0 Å². The lowest BCUT2D eigenvalue weighted by Crippen LogP contribution is -2.42. The summed E-state index contributed by atoms with van der Waals surface area (Å²) >= 11 is 0.